The molecule has 0 radical (unpaired) electrons. The summed E-state index contributed by atoms with van der Waals surface area (Å²) < 4.78 is 5.09. The van der Waals surface area contributed by atoms with Crippen LogP contribution in [0, 0.1) is 0 Å². The number of carbonyl (C=O) groups excluding carboxylic acids is 2. The second-order valence-electron chi connectivity index (χ2n) is 4.89. The molecule has 0 spiro atoms. The first kappa shape index (κ1) is 15.9. The molecule has 0 aromatic heterocycles. The Morgan fingerprint density at radius 1 is 1.47 bits per heavy atom. The highest BCUT2D eigenvalue weighted by Gasteiger charge is 2.34. The Hall–Kier alpha value is -1.14. The molecule has 1 N–H and O–H groups in total. The number of hydrogen-bond donors (Lipinski definition) is 1. The van der Waals surface area contributed by atoms with Crippen molar-refractivity contribution in [3.63, 3.8) is 0 Å². The van der Waals surface area contributed by atoms with Gasteiger partial charge in [-0.3, -0.25) is 14.6 Å². The Balaban J connectivity index is 2.50. The standard InChI is InChI=1S/C13H24N2O4/c1-3-9-19-13(18)15-6-4-5-11(15)12(17)10-14(2)7-8-16/h11,16H,3-10H2,1-2H3/t11-/m1/s1. The Labute approximate surface area is 114 Å². The van der Waals surface area contributed by atoms with Gasteiger partial charge >= 0.3 is 6.09 Å². The summed E-state index contributed by atoms with van der Waals surface area (Å²) in [6, 6.07) is -0.370. The van der Waals surface area contributed by atoms with Crippen molar-refractivity contribution in [2.45, 2.75) is 32.2 Å². The van der Waals surface area contributed by atoms with Gasteiger partial charge < -0.3 is 9.84 Å². The number of Topliss-reactive ketones (excluding diaryl/α,β-unsaturated/α-hetero) is 1. The fraction of sp³-hybridized carbons (Fsp3) is 0.846. The van der Waals surface area contributed by atoms with E-state index in [9.17, 15) is 9.59 Å². The molecule has 110 valence electrons. The van der Waals surface area contributed by atoms with Crippen molar-refractivity contribution in [2.24, 2.45) is 0 Å². The van der Waals surface area contributed by atoms with Crippen molar-refractivity contribution in [3.05, 3.63) is 0 Å². The number of rotatable bonds is 7. The van der Waals surface area contributed by atoms with Gasteiger partial charge in [-0.15, -0.1) is 0 Å². The Kier molecular flexibility index (Phi) is 6.80. The Morgan fingerprint density at radius 2 is 2.21 bits per heavy atom. The molecule has 1 saturated heterocycles. The molecule has 1 amide bonds. The van der Waals surface area contributed by atoms with Gasteiger partial charge in [0.1, 0.15) is 0 Å². The largest absolute Gasteiger partial charge is 0.449 e. The summed E-state index contributed by atoms with van der Waals surface area (Å²) in [5, 5.41) is 8.81. The van der Waals surface area contributed by atoms with Crippen LogP contribution in [0.15, 0.2) is 0 Å². The zero-order valence-electron chi connectivity index (χ0n) is 11.8. The van der Waals surface area contributed by atoms with Crippen LogP contribution in [-0.4, -0.2) is 72.7 Å². The average molecular weight is 272 g/mol. The van der Waals surface area contributed by atoms with Crippen LogP contribution >= 0.6 is 0 Å². The smallest absolute Gasteiger partial charge is 0.410 e. The van der Waals surface area contributed by atoms with Gasteiger partial charge in [-0.2, -0.15) is 0 Å². The van der Waals surface area contributed by atoms with Gasteiger partial charge in [-0.05, 0) is 26.3 Å². The molecule has 0 bridgehead atoms. The fourth-order valence-corrected chi connectivity index (χ4v) is 2.21. The number of ether oxygens (including phenoxy) is 1. The van der Waals surface area contributed by atoms with Crippen LogP contribution in [0.1, 0.15) is 26.2 Å². The predicted octanol–water partition coefficient (Wildman–Crippen LogP) is 0.491. The summed E-state index contributed by atoms with van der Waals surface area (Å²) in [6.07, 6.45) is 1.92. The van der Waals surface area contributed by atoms with Gasteiger partial charge in [-0.25, -0.2) is 4.79 Å². The second-order valence-corrected chi connectivity index (χ2v) is 4.89. The minimum absolute atomic E-state index is 0.0156. The second kappa shape index (κ2) is 8.12. The first-order valence-electron chi connectivity index (χ1n) is 6.85. The summed E-state index contributed by atoms with van der Waals surface area (Å²) in [7, 11) is 1.78. The topological polar surface area (TPSA) is 70.1 Å². The number of hydrogen-bond acceptors (Lipinski definition) is 5. The molecule has 1 rings (SSSR count). The highest BCUT2D eigenvalue weighted by atomic mass is 16.6. The van der Waals surface area contributed by atoms with E-state index in [0.717, 1.165) is 12.8 Å². The molecule has 0 saturated carbocycles. The summed E-state index contributed by atoms with van der Waals surface area (Å²) in [5.41, 5.74) is 0. The lowest BCUT2D eigenvalue weighted by Crippen LogP contribution is -2.44. The normalized spacial score (nSPS) is 18.9. The SMILES string of the molecule is CCCOC(=O)N1CCC[C@@H]1C(=O)CN(C)CCO. The van der Waals surface area contributed by atoms with Crippen molar-refractivity contribution in [1.29, 1.82) is 0 Å². The van der Waals surface area contributed by atoms with Crippen LogP contribution in [0.4, 0.5) is 4.79 Å². The van der Waals surface area contributed by atoms with E-state index >= 15 is 0 Å². The molecule has 1 heterocycles. The van der Waals surface area contributed by atoms with Gasteiger partial charge in [0.25, 0.3) is 0 Å². The number of aliphatic hydroxyl groups is 1. The van der Waals surface area contributed by atoms with Crippen molar-refractivity contribution in [2.75, 3.05) is 39.9 Å². The zero-order chi connectivity index (χ0) is 14.3. The maximum absolute atomic E-state index is 12.1. The van der Waals surface area contributed by atoms with Crippen LogP contribution in [0.2, 0.25) is 0 Å². The first-order chi connectivity index (χ1) is 9.10. The van der Waals surface area contributed by atoms with Gasteiger partial charge in [0.15, 0.2) is 5.78 Å². The number of aliphatic hydroxyl groups excluding tert-OH is 1. The highest BCUT2D eigenvalue weighted by Crippen LogP contribution is 2.19. The first-order valence-corrected chi connectivity index (χ1v) is 6.85. The lowest BCUT2D eigenvalue weighted by atomic mass is 10.1. The summed E-state index contributed by atoms with van der Waals surface area (Å²) >= 11 is 0. The fourth-order valence-electron chi connectivity index (χ4n) is 2.21. The van der Waals surface area contributed by atoms with E-state index in [1.54, 1.807) is 11.9 Å². The summed E-state index contributed by atoms with van der Waals surface area (Å²) in [6.45, 7) is 3.64. The van der Waals surface area contributed by atoms with Crippen LogP contribution in [-0.2, 0) is 9.53 Å². The highest BCUT2D eigenvalue weighted by molar-refractivity contribution is 5.89. The minimum Gasteiger partial charge on any atom is -0.449 e. The summed E-state index contributed by atoms with van der Waals surface area (Å²) in [5.74, 6) is 0.0156. The number of carbonyl (C=O) groups is 2. The van der Waals surface area contributed by atoms with Crippen molar-refractivity contribution >= 4 is 11.9 Å². The Bertz CT molecular complexity index is 309. The molecule has 1 atom stereocenters. The minimum atomic E-state index is -0.387. The third-order valence-electron chi connectivity index (χ3n) is 3.20. The van der Waals surface area contributed by atoms with Crippen LogP contribution in [0.25, 0.3) is 0 Å². The van der Waals surface area contributed by atoms with Gasteiger partial charge in [0.05, 0.1) is 25.8 Å². The van der Waals surface area contributed by atoms with Crippen molar-refractivity contribution < 1.29 is 19.4 Å². The molecule has 19 heavy (non-hydrogen) atoms. The van der Waals surface area contributed by atoms with Crippen molar-refractivity contribution in [1.82, 2.24) is 9.80 Å². The zero-order valence-corrected chi connectivity index (χ0v) is 11.8. The number of likely N-dealkylation sites (N-methyl/N-ethyl adjacent to an activating group) is 1. The maximum Gasteiger partial charge on any atom is 0.410 e. The van der Waals surface area contributed by atoms with Crippen LogP contribution in [0.5, 0.6) is 0 Å². The maximum atomic E-state index is 12.1. The lowest BCUT2D eigenvalue weighted by molar-refractivity contribution is -0.123. The van der Waals surface area contributed by atoms with Crippen LogP contribution in [0.3, 0.4) is 0 Å². The third-order valence-corrected chi connectivity index (χ3v) is 3.20. The quantitative estimate of drug-likeness (QED) is 0.730. The molecule has 6 nitrogen and oxygen atoms in total. The molecule has 0 aliphatic carbocycles. The predicted molar refractivity (Wildman–Crippen MR) is 71.0 cm³/mol. The molecule has 1 aliphatic heterocycles. The average Bonchev–Trinajstić information content (AvgIpc) is 2.85. The van der Waals surface area contributed by atoms with Gasteiger partial charge in [0, 0.05) is 13.1 Å². The van der Waals surface area contributed by atoms with E-state index in [2.05, 4.69) is 0 Å². The molecular formula is C13H24N2O4. The van der Waals surface area contributed by atoms with E-state index < -0.39 is 0 Å². The molecule has 1 fully saturated rings. The molecule has 0 aromatic rings. The van der Waals surface area contributed by atoms with E-state index in [0.29, 0.717) is 26.1 Å². The molecule has 1 aliphatic rings. The number of likely N-dealkylation sites (tertiary alicyclic amines) is 1. The third kappa shape index (κ3) is 4.80. The van der Waals surface area contributed by atoms with E-state index in [-0.39, 0.29) is 31.1 Å². The molecular weight excluding hydrogens is 248 g/mol. The molecule has 0 aromatic carbocycles. The number of amides is 1. The number of nitrogens with zero attached hydrogens (tertiary/aromatic N) is 2. The van der Waals surface area contributed by atoms with Gasteiger partial charge in [-0.1, -0.05) is 6.92 Å². The van der Waals surface area contributed by atoms with Gasteiger partial charge in [0.2, 0.25) is 0 Å². The van der Waals surface area contributed by atoms with E-state index in [4.69, 9.17) is 9.84 Å². The lowest BCUT2D eigenvalue weighted by Gasteiger charge is -2.24. The Morgan fingerprint density at radius 3 is 2.84 bits per heavy atom. The molecule has 0 unspecified atom stereocenters. The van der Waals surface area contributed by atoms with E-state index in [1.807, 2.05) is 6.92 Å². The summed E-state index contributed by atoms with van der Waals surface area (Å²) in [4.78, 5) is 27.3. The molecule has 6 heteroatoms. The van der Waals surface area contributed by atoms with Crippen LogP contribution < -0.4 is 0 Å². The number of ketones is 1. The van der Waals surface area contributed by atoms with Crippen molar-refractivity contribution in [3.8, 4) is 0 Å². The monoisotopic (exact) mass is 272 g/mol. The van der Waals surface area contributed by atoms with E-state index in [1.165, 1.54) is 4.90 Å².